The zero-order valence-electron chi connectivity index (χ0n) is 48.5. The van der Waals surface area contributed by atoms with Crippen LogP contribution in [0.25, 0.3) is 0 Å². The maximum atomic E-state index is 12.7. The van der Waals surface area contributed by atoms with E-state index in [4.69, 9.17) is 24.3 Å². The van der Waals surface area contributed by atoms with E-state index in [-0.39, 0.29) is 38.6 Å². The van der Waals surface area contributed by atoms with Crippen molar-refractivity contribution in [2.24, 2.45) is 5.73 Å². The highest BCUT2D eigenvalue weighted by atomic mass is 31.2. The van der Waals surface area contributed by atoms with Gasteiger partial charge < -0.3 is 20.1 Å². The molecule has 0 aromatic heterocycles. The number of hydrogen-bond acceptors (Lipinski definition) is 8. The van der Waals surface area contributed by atoms with E-state index in [1.807, 2.05) is 0 Å². The Kier molecular flexibility index (Phi) is 58.2. The molecule has 0 aromatic rings. The summed E-state index contributed by atoms with van der Waals surface area (Å²) >= 11 is 0. The fourth-order valence-electron chi connectivity index (χ4n) is 8.74. The molecule has 0 fully saturated rings. The highest BCUT2D eigenvalue weighted by molar-refractivity contribution is 7.47. The number of phosphoric ester groups is 1. The Labute approximate surface area is 462 Å². The summed E-state index contributed by atoms with van der Waals surface area (Å²) in [4.78, 5) is 35.2. The lowest BCUT2D eigenvalue weighted by atomic mass is 10.0. The van der Waals surface area contributed by atoms with Crippen LogP contribution < -0.4 is 5.73 Å². The summed E-state index contributed by atoms with van der Waals surface area (Å²) in [6, 6.07) is 0. The molecular weight excluding hydrogens is 954 g/mol. The van der Waals surface area contributed by atoms with Crippen molar-refractivity contribution in [3.63, 3.8) is 0 Å². The molecule has 75 heavy (non-hydrogen) atoms. The third-order valence-electron chi connectivity index (χ3n) is 13.3. The summed E-state index contributed by atoms with van der Waals surface area (Å²) in [7, 11) is -4.39. The molecule has 434 valence electrons. The van der Waals surface area contributed by atoms with Crippen LogP contribution in [0.4, 0.5) is 0 Å². The average molecular weight is 1070 g/mol. The minimum absolute atomic E-state index is 0.0522. The van der Waals surface area contributed by atoms with Gasteiger partial charge in [0.05, 0.1) is 13.2 Å². The van der Waals surface area contributed by atoms with Crippen LogP contribution in [0.15, 0.2) is 85.1 Å². The Bertz CT molecular complexity index is 1500. The van der Waals surface area contributed by atoms with Crippen molar-refractivity contribution < 1.29 is 37.6 Å². The van der Waals surface area contributed by atoms with Gasteiger partial charge in [-0.3, -0.25) is 18.6 Å². The third-order valence-corrected chi connectivity index (χ3v) is 14.3. The van der Waals surface area contributed by atoms with E-state index in [0.29, 0.717) is 6.42 Å². The Morgan fingerprint density at radius 1 is 0.413 bits per heavy atom. The Morgan fingerprint density at radius 2 is 0.733 bits per heavy atom. The molecule has 0 heterocycles. The third kappa shape index (κ3) is 60.3. The number of allylic oxidation sites excluding steroid dienone is 14. The van der Waals surface area contributed by atoms with Crippen molar-refractivity contribution in [2.75, 3.05) is 26.4 Å². The first-order valence-corrected chi connectivity index (χ1v) is 32.6. The van der Waals surface area contributed by atoms with E-state index in [9.17, 15) is 19.0 Å². The van der Waals surface area contributed by atoms with Gasteiger partial charge in [-0.15, -0.1) is 0 Å². The van der Waals surface area contributed by atoms with Crippen LogP contribution in [0.3, 0.4) is 0 Å². The molecule has 9 nitrogen and oxygen atoms in total. The standard InChI is InChI=1S/C65H116NO8P/c1-3-5-7-9-11-13-15-17-19-21-23-24-25-26-27-28-29-30-31-32-33-34-35-36-37-38-40-42-44-46-48-50-52-54-56-58-65(68)74-63(62-73-75(69,70)72-60-59-66)61-71-64(67)57-55-53-51-49-47-45-43-41-39-22-20-18-16-14-12-10-8-6-4-2/h5,7,11,13,17,19,23-24,26-27,29-30,32-33,63H,3-4,6,8-10,12,14-16,18,20-22,25,28,31,34-62,66H2,1-2H3,(H,69,70)/b7-5-,13-11-,19-17-,24-23-,27-26-,30-29-,33-32-. The van der Waals surface area contributed by atoms with E-state index >= 15 is 0 Å². The van der Waals surface area contributed by atoms with Crippen molar-refractivity contribution in [2.45, 2.75) is 290 Å². The molecule has 3 N–H and O–H groups in total. The minimum Gasteiger partial charge on any atom is -0.462 e. The summed E-state index contributed by atoms with van der Waals surface area (Å²) in [6.07, 6.45) is 79.3. The smallest absolute Gasteiger partial charge is 0.462 e. The van der Waals surface area contributed by atoms with Gasteiger partial charge in [0.25, 0.3) is 0 Å². The highest BCUT2D eigenvalue weighted by Gasteiger charge is 2.26. The van der Waals surface area contributed by atoms with Crippen molar-refractivity contribution in [1.29, 1.82) is 0 Å². The first-order chi connectivity index (χ1) is 36.8. The van der Waals surface area contributed by atoms with Crippen LogP contribution in [-0.2, 0) is 32.7 Å². The minimum atomic E-state index is -4.39. The predicted octanol–water partition coefficient (Wildman–Crippen LogP) is 19.9. The molecule has 0 amide bonds. The van der Waals surface area contributed by atoms with Crippen LogP contribution in [0.5, 0.6) is 0 Å². The maximum Gasteiger partial charge on any atom is 0.472 e. The molecule has 0 aromatic carbocycles. The van der Waals surface area contributed by atoms with Gasteiger partial charge >= 0.3 is 19.8 Å². The molecule has 0 rings (SSSR count). The van der Waals surface area contributed by atoms with E-state index in [2.05, 4.69) is 98.9 Å². The number of esters is 2. The predicted molar refractivity (Wildman–Crippen MR) is 321 cm³/mol. The number of ether oxygens (including phenoxy) is 2. The number of hydrogen-bond donors (Lipinski definition) is 2. The number of carbonyl (C=O) groups is 2. The van der Waals surface area contributed by atoms with Gasteiger partial charge in [-0.1, -0.05) is 285 Å². The lowest BCUT2D eigenvalue weighted by Gasteiger charge is -2.19. The molecule has 0 bridgehead atoms. The summed E-state index contributed by atoms with van der Waals surface area (Å²) < 4.78 is 33.1. The number of carbonyl (C=O) groups excluding carboxylic acids is 2. The lowest BCUT2D eigenvalue weighted by Crippen LogP contribution is -2.29. The van der Waals surface area contributed by atoms with Crippen LogP contribution >= 0.6 is 7.82 Å². The fourth-order valence-corrected chi connectivity index (χ4v) is 9.50. The van der Waals surface area contributed by atoms with E-state index in [1.54, 1.807) is 0 Å². The molecule has 0 aliphatic carbocycles. The second-order valence-electron chi connectivity index (χ2n) is 20.6. The van der Waals surface area contributed by atoms with E-state index < -0.39 is 26.5 Å². The van der Waals surface area contributed by atoms with Crippen LogP contribution in [0.2, 0.25) is 0 Å². The second kappa shape index (κ2) is 60.4. The summed E-state index contributed by atoms with van der Waals surface area (Å²) in [5.41, 5.74) is 5.39. The fraction of sp³-hybridized carbons (Fsp3) is 0.754. The second-order valence-corrected chi connectivity index (χ2v) is 22.0. The summed E-state index contributed by atoms with van der Waals surface area (Å²) in [5.74, 6) is -0.819. The number of rotatable bonds is 58. The monoisotopic (exact) mass is 1070 g/mol. The maximum absolute atomic E-state index is 12.7. The van der Waals surface area contributed by atoms with Gasteiger partial charge in [-0.25, -0.2) is 4.57 Å². The number of phosphoric acid groups is 1. The molecule has 0 radical (unpaired) electrons. The number of nitrogens with two attached hydrogens (primary N) is 1. The molecular formula is C65H116NO8P. The van der Waals surface area contributed by atoms with Crippen molar-refractivity contribution in [3.8, 4) is 0 Å². The Hall–Kier alpha value is -2.81. The molecule has 0 aliphatic rings. The quantitative estimate of drug-likeness (QED) is 0.0264. The topological polar surface area (TPSA) is 134 Å². The largest absolute Gasteiger partial charge is 0.472 e. The first kappa shape index (κ1) is 72.2. The zero-order valence-corrected chi connectivity index (χ0v) is 49.4. The van der Waals surface area contributed by atoms with Gasteiger partial charge in [-0.05, 0) is 70.6 Å². The Balaban J connectivity index is 3.92. The van der Waals surface area contributed by atoms with Gasteiger partial charge in [0.15, 0.2) is 6.10 Å². The van der Waals surface area contributed by atoms with Gasteiger partial charge in [0.2, 0.25) is 0 Å². The van der Waals surface area contributed by atoms with Crippen molar-refractivity contribution in [3.05, 3.63) is 85.1 Å². The van der Waals surface area contributed by atoms with Gasteiger partial charge in [0, 0.05) is 19.4 Å². The zero-order chi connectivity index (χ0) is 54.5. The molecule has 10 heteroatoms. The summed E-state index contributed by atoms with van der Waals surface area (Å²) in [5, 5.41) is 0. The molecule has 0 saturated carbocycles. The number of unbranched alkanes of at least 4 members (excludes halogenated alkanes) is 31. The lowest BCUT2D eigenvalue weighted by molar-refractivity contribution is -0.161. The van der Waals surface area contributed by atoms with Crippen LogP contribution in [0, 0.1) is 0 Å². The van der Waals surface area contributed by atoms with Crippen LogP contribution in [0.1, 0.15) is 284 Å². The average Bonchev–Trinajstić information content (AvgIpc) is 3.40. The van der Waals surface area contributed by atoms with Crippen LogP contribution in [-0.4, -0.2) is 49.3 Å². The van der Waals surface area contributed by atoms with Gasteiger partial charge in [-0.2, -0.15) is 0 Å². The van der Waals surface area contributed by atoms with E-state index in [1.165, 1.54) is 167 Å². The highest BCUT2D eigenvalue weighted by Crippen LogP contribution is 2.43. The van der Waals surface area contributed by atoms with E-state index in [0.717, 1.165) is 83.5 Å². The molecule has 0 spiro atoms. The van der Waals surface area contributed by atoms with Crippen molar-refractivity contribution in [1.82, 2.24) is 0 Å². The molecule has 0 aliphatic heterocycles. The molecule has 2 atom stereocenters. The first-order valence-electron chi connectivity index (χ1n) is 31.1. The molecule has 0 saturated heterocycles. The SMILES string of the molecule is CC/C=C\C/C=C\C/C=C\C/C=C\C/C=C\C/C=C\C/C=C\CCCCCCCCCCCCCCCC(=O)OC(COC(=O)CCCCCCCCCCCCCCCCCCCCC)COP(=O)(O)OCCN. The normalized spacial score (nSPS) is 13.6. The van der Waals surface area contributed by atoms with Crippen molar-refractivity contribution >= 4 is 19.8 Å². The van der Waals surface area contributed by atoms with Gasteiger partial charge in [0.1, 0.15) is 6.61 Å². The Morgan fingerprint density at radius 3 is 1.09 bits per heavy atom. The summed E-state index contributed by atoms with van der Waals surface area (Å²) in [6.45, 7) is 3.66. The molecule has 2 unspecified atom stereocenters.